The Balaban J connectivity index is 1.42. The van der Waals surface area contributed by atoms with Gasteiger partial charge in [-0.25, -0.2) is 4.68 Å². The van der Waals surface area contributed by atoms with Crippen molar-refractivity contribution in [2.24, 2.45) is 0 Å². The van der Waals surface area contributed by atoms with Crippen LogP contribution in [0.3, 0.4) is 0 Å². The van der Waals surface area contributed by atoms with E-state index in [1.807, 2.05) is 12.1 Å². The summed E-state index contributed by atoms with van der Waals surface area (Å²) in [5, 5.41) is 19.9. The lowest BCUT2D eigenvalue weighted by atomic mass is 10.1. The van der Waals surface area contributed by atoms with Crippen LogP contribution in [0.1, 0.15) is 0 Å². The van der Waals surface area contributed by atoms with Crippen LogP contribution in [-0.2, 0) is 4.79 Å². The number of benzene rings is 2. The number of carbonyl (C=O) groups is 1. The molecule has 1 amide bonds. The first-order valence-corrected chi connectivity index (χ1v) is 10.9. The van der Waals surface area contributed by atoms with Gasteiger partial charge in [-0.3, -0.25) is 9.89 Å². The van der Waals surface area contributed by atoms with Crippen molar-refractivity contribution in [2.75, 3.05) is 16.9 Å². The molecular weight excluding hydrogens is 481 g/mol. The van der Waals surface area contributed by atoms with E-state index >= 15 is 0 Å². The summed E-state index contributed by atoms with van der Waals surface area (Å²) >= 11 is 19.0. The maximum Gasteiger partial charge on any atom is 0.234 e. The summed E-state index contributed by atoms with van der Waals surface area (Å²) in [6, 6.07) is 13.9. The lowest BCUT2D eigenvalue weighted by Crippen LogP contribution is -2.16. The molecule has 0 spiro atoms. The molecule has 0 saturated carbocycles. The van der Waals surface area contributed by atoms with Crippen molar-refractivity contribution < 1.29 is 4.79 Å². The molecule has 0 fully saturated rings. The number of amides is 1. The van der Waals surface area contributed by atoms with E-state index in [1.165, 1.54) is 4.68 Å². The Morgan fingerprint density at radius 1 is 1.06 bits per heavy atom. The number of nitrogens with two attached hydrogens (primary N) is 1. The van der Waals surface area contributed by atoms with Crippen molar-refractivity contribution in [1.29, 1.82) is 0 Å². The minimum Gasteiger partial charge on any atom is -0.335 e. The topological polar surface area (TPSA) is 115 Å². The number of thioether (sulfide) groups is 1. The molecule has 4 N–H and O–H groups in total. The fourth-order valence-corrected chi connectivity index (χ4v) is 3.91. The van der Waals surface area contributed by atoms with Crippen LogP contribution < -0.4 is 11.2 Å². The Hall–Kier alpha value is -2.72. The molecule has 0 saturated heterocycles. The molecule has 31 heavy (non-hydrogen) atoms. The van der Waals surface area contributed by atoms with Gasteiger partial charge in [0.05, 0.1) is 22.2 Å². The minimum atomic E-state index is -0.273. The maximum atomic E-state index is 12.2. The second kappa shape index (κ2) is 9.19. The molecule has 0 aliphatic rings. The molecule has 12 heteroatoms. The number of rotatable bonds is 6. The normalized spacial score (nSPS) is 10.9. The SMILES string of the molecule is Nn1c(SCC(=O)Nc2ccc(Cl)cc2Cl)nnc1-c1cc(-c2ccc(Cl)cc2)n[nH]1. The molecule has 158 valence electrons. The lowest BCUT2D eigenvalue weighted by Gasteiger charge is -2.07. The number of carbonyl (C=O) groups excluding carboxylic acids is 1. The highest BCUT2D eigenvalue weighted by atomic mass is 35.5. The number of aromatic amines is 1. The number of nitrogens with zero attached hydrogens (tertiary/aromatic N) is 4. The average Bonchev–Trinajstić information content (AvgIpc) is 3.36. The zero-order valence-corrected chi connectivity index (χ0v) is 18.7. The molecule has 2 aromatic carbocycles. The van der Waals surface area contributed by atoms with Gasteiger partial charge in [-0.1, -0.05) is 58.7 Å². The van der Waals surface area contributed by atoms with Crippen LogP contribution in [0, 0.1) is 0 Å². The van der Waals surface area contributed by atoms with Gasteiger partial charge in [0.1, 0.15) is 5.69 Å². The Kier molecular flexibility index (Phi) is 6.38. The first-order chi connectivity index (χ1) is 14.9. The number of halogens is 3. The standard InChI is InChI=1S/C19H14Cl3N7OS/c20-11-3-1-10(2-4-11)15-8-16(26-25-15)18-27-28-19(29(18)23)31-9-17(30)24-14-6-5-12(21)7-13(14)22/h1-8H,9,23H2,(H,24,30)(H,25,26). The van der Waals surface area contributed by atoms with E-state index in [-0.39, 0.29) is 11.7 Å². The van der Waals surface area contributed by atoms with Crippen LogP contribution in [0.25, 0.3) is 22.8 Å². The number of aromatic nitrogens is 5. The van der Waals surface area contributed by atoms with Crippen LogP contribution in [-0.4, -0.2) is 36.7 Å². The molecule has 4 aromatic rings. The van der Waals surface area contributed by atoms with Crippen molar-refractivity contribution in [3.63, 3.8) is 0 Å². The minimum absolute atomic E-state index is 0.0628. The fourth-order valence-electron chi connectivity index (χ4n) is 2.67. The second-order valence-corrected chi connectivity index (χ2v) is 8.53. The van der Waals surface area contributed by atoms with E-state index in [4.69, 9.17) is 40.6 Å². The fraction of sp³-hybridized carbons (Fsp3) is 0.0526. The maximum absolute atomic E-state index is 12.2. The predicted molar refractivity (Wildman–Crippen MR) is 124 cm³/mol. The molecule has 0 aliphatic carbocycles. The van der Waals surface area contributed by atoms with E-state index in [9.17, 15) is 4.79 Å². The summed E-state index contributed by atoms with van der Waals surface area (Å²) < 4.78 is 1.30. The summed E-state index contributed by atoms with van der Waals surface area (Å²) in [6.45, 7) is 0. The van der Waals surface area contributed by atoms with Crippen molar-refractivity contribution in [3.8, 4) is 22.8 Å². The zero-order chi connectivity index (χ0) is 22.0. The van der Waals surface area contributed by atoms with Crippen LogP contribution in [0.2, 0.25) is 15.1 Å². The molecule has 8 nitrogen and oxygen atoms in total. The third-order valence-electron chi connectivity index (χ3n) is 4.16. The first-order valence-electron chi connectivity index (χ1n) is 8.80. The molecule has 2 heterocycles. The summed E-state index contributed by atoms with van der Waals surface area (Å²) in [5.41, 5.74) is 2.66. The van der Waals surface area contributed by atoms with Crippen molar-refractivity contribution in [2.45, 2.75) is 5.16 Å². The Bertz CT molecular complexity index is 1240. The molecule has 0 bridgehead atoms. The van der Waals surface area contributed by atoms with Gasteiger partial charge >= 0.3 is 0 Å². The van der Waals surface area contributed by atoms with Gasteiger partial charge in [0.25, 0.3) is 0 Å². The molecule has 4 rings (SSSR count). The van der Waals surface area contributed by atoms with E-state index < -0.39 is 0 Å². The predicted octanol–water partition coefficient (Wildman–Crippen LogP) is 4.74. The second-order valence-electron chi connectivity index (χ2n) is 6.31. The van der Waals surface area contributed by atoms with Gasteiger partial charge in [0.2, 0.25) is 16.9 Å². The number of hydrogen-bond donors (Lipinski definition) is 3. The molecule has 0 unspecified atom stereocenters. The van der Waals surface area contributed by atoms with E-state index in [1.54, 1.807) is 36.4 Å². The average molecular weight is 495 g/mol. The van der Waals surface area contributed by atoms with Crippen LogP contribution in [0.15, 0.2) is 53.7 Å². The number of hydrogen-bond acceptors (Lipinski definition) is 6. The van der Waals surface area contributed by atoms with Crippen molar-refractivity contribution in [3.05, 3.63) is 63.6 Å². The Morgan fingerprint density at radius 3 is 2.55 bits per heavy atom. The summed E-state index contributed by atoms with van der Waals surface area (Å²) in [5.74, 6) is 6.30. The van der Waals surface area contributed by atoms with Crippen LogP contribution in [0.5, 0.6) is 0 Å². The van der Waals surface area contributed by atoms with Gasteiger partial charge in [0.15, 0.2) is 0 Å². The highest BCUT2D eigenvalue weighted by molar-refractivity contribution is 7.99. The van der Waals surface area contributed by atoms with Gasteiger partial charge in [-0.05, 0) is 36.4 Å². The Morgan fingerprint density at radius 2 is 1.81 bits per heavy atom. The van der Waals surface area contributed by atoms with E-state index in [0.29, 0.717) is 43.1 Å². The highest BCUT2D eigenvalue weighted by Gasteiger charge is 2.17. The van der Waals surface area contributed by atoms with Gasteiger partial charge < -0.3 is 11.2 Å². The summed E-state index contributed by atoms with van der Waals surface area (Å²) in [6.07, 6.45) is 0. The largest absolute Gasteiger partial charge is 0.335 e. The van der Waals surface area contributed by atoms with Crippen molar-refractivity contribution in [1.82, 2.24) is 25.1 Å². The van der Waals surface area contributed by atoms with E-state index in [0.717, 1.165) is 17.3 Å². The Labute approximate surface area is 196 Å². The van der Waals surface area contributed by atoms with Gasteiger partial charge in [0, 0.05) is 15.6 Å². The van der Waals surface area contributed by atoms with Gasteiger partial charge in [-0.15, -0.1) is 10.2 Å². The zero-order valence-electron chi connectivity index (χ0n) is 15.6. The monoisotopic (exact) mass is 493 g/mol. The molecule has 0 radical (unpaired) electrons. The van der Waals surface area contributed by atoms with Crippen molar-refractivity contribution >= 4 is 58.2 Å². The third kappa shape index (κ3) is 4.96. The molecule has 0 atom stereocenters. The number of nitrogen functional groups attached to an aromatic ring is 1. The summed E-state index contributed by atoms with van der Waals surface area (Å²) in [4.78, 5) is 12.2. The number of nitrogens with one attached hydrogen (secondary N) is 2. The van der Waals surface area contributed by atoms with Crippen LogP contribution in [0.4, 0.5) is 5.69 Å². The third-order valence-corrected chi connectivity index (χ3v) is 5.90. The molecule has 0 aliphatic heterocycles. The first kappa shape index (κ1) is 21.5. The molecular formula is C19H14Cl3N7OS. The van der Waals surface area contributed by atoms with E-state index in [2.05, 4.69) is 25.7 Å². The van der Waals surface area contributed by atoms with Gasteiger partial charge in [-0.2, -0.15) is 5.10 Å². The lowest BCUT2D eigenvalue weighted by molar-refractivity contribution is -0.113. The quantitative estimate of drug-likeness (QED) is 0.263. The number of anilines is 1. The van der Waals surface area contributed by atoms with Crippen LogP contribution >= 0.6 is 46.6 Å². The number of H-pyrrole nitrogens is 1. The summed E-state index contributed by atoms with van der Waals surface area (Å²) in [7, 11) is 0. The smallest absolute Gasteiger partial charge is 0.234 e. The highest BCUT2D eigenvalue weighted by Crippen LogP contribution is 2.27. The molecule has 2 aromatic heterocycles.